The molecule has 1 heterocycles. The van der Waals surface area contributed by atoms with Gasteiger partial charge in [0.2, 0.25) is 0 Å². The largest absolute Gasteiger partial charge is 0.307 e. The third kappa shape index (κ3) is 4.02. The Morgan fingerprint density at radius 3 is 2.21 bits per heavy atom. The molecular weight excluding hydrogens is 239 g/mol. The van der Waals surface area contributed by atoms with Gasteiger partial charge in [-0.2, -0.15) is 0 Å². The summed E-state index contributed by atoms with van der Waals surface area (Å²) in [6.07, 6.45) is 2.40. The summed E-state index contributed by atoms with van der Waals surface area (Å²) < 4.78 is 12.9. The number of piperidine rings is 1. The lowest BCUT2D eigenvalue weighted by Gasteiger charge is -2.36. The maximum atomic E-state index is 12.9. The summed E-state index contributed by atoms with van der Waals surface area (Å²) in [5.41, 5.74) is 1.16. The van der Waals surface area contributed by atoms with E-state index in [2.05, 4.69) is 31.0 Å². The zero-order valence-corrected chi connectivity index (χ0v) is 12.2. The summed E-state index contributed by atoms with van der Waals surface area (Å²) >= 11 is 0. The molecule has 1 aromatic rings. The molecule has 0 aromatic heterocycles. The van der Waals surface area contributed by atoms with Gasteiger partial charge >= 0.3 is 0 Å². The van der Waals surface area contributed by atoms with E-state index in [1.54, 1.807) is 0 Å². The maximum Gasteiger partial charge on any atom is 0.123 e. The van der Waals surface area contributed by atoms with E-state index in [0.29, 0.717) is 12.1 Å². The van der Waals surface area contributed by atoms with Crippen molar-refractivity contribution in [3.8, 4) is 0 Å². The summed E-state index contributed by atoms with van der Waals surface area (Å²) in [6, 6.07) is 8.33. The van der Waals surface area contributed by atoms with E-state index >= 15 is 0 Å². The minimum atomic E-state index is -0.166. The van der Waals surface area contributed by atoms with Crippen LogP contribution >= 0.6 is 0 Å². The molecule has 1 aliphatic heterocycles. The average molecular weight is 264 g/mol. The van der Waals surface area contributed by atoms with Gasteiger partial charge in [0, 0.05) is 18.1 Å². The Balaban J connectivity index is 1.83. The standard InChI is InChI=1S/C16H25FN2/c1-12(2)19-10-8-16(9-11-19)18-13(3)14-4-6-15(17)7-5-14/h4-7,12-13,16,18H,8-11H2,1-3H3/t13-/m1/s1. The van der Waals surface area contributed by atoms with E-state index in [-0.39, 0.29) is 11.9 Å². The Bertz CT molecular complexity index is 380. The van der Waals surface area contributed by atoms with Crippen molar-refractivity contribution in [3.63, 3.8) is 0 Å². The van der Waals surface area contributed by atoms with E-state index in [1.807, 2.05) is 12.1 Å². The molecule has 0 saturated carbocycles. The van der Waals surface area contributed by atoms with Crippen LogP contribution in [0.1, 0.15) is 45.2 Å². The Hall–Kier alpha value is -0.930. The van der Waals surface area contributed by atoms with Crippen molar-refractivity contribution in [2.24, 2.45) is 0 Å². The van der Waals surface area contributed by atoms with E-state index in [1.165, 1.54) is 38.1 Å². The number of hydrogen-bond donors (Lipinski definition) is 1. The molecular formula is C16H25FN2. The second-order valence-corrected chi connectivity index (χ2v) is 5.84. The van der Waals surface area contributed by atoms with Crippen molar-refractivity contribution in [1.82, 2.24) is 10.2 Å². The molecule has 19 heavy (non-hydrogen) atoms. The molecule has 0 unspecified atom stereocenters. The first-order chi connectivity index (χ1) is 9.06. The lowest BCUT2D eigenvalue weighted by Crippen LogP contribution is -2.45. The molecule has 1 saturated heterocycles. The van der Waals surface area contributed by atoms with Crippen molar-refractivity contribution in [2.75, 3.05) is 13.1 Å². The monoisotopic (exact) mass is 264 g/mol. The van der Waals surface area contributed by atoms with Crippen LogP contribution in [0.15, 0.2) is 24.3 Å². The van der Waals surface area contributed by atoms with Crippen molar-refractivity contribution in [3.05, 3.63) is 35.6 Å². The van der Waals surface area contributed by atoms with E-state index in [0.717, 1.165) is 5.56 Å². The molecule has 0 amide bonds. The SMILES string of the molecule is CC(C)N1CCC(N[C@H](C)c2ccc(F)cc2)CC1. The van der Waals surface area contributed by atoms with Crippen LogP contribution in [0.2, 0.25) is 0 Å². The molecule has 0 radical (unpaired) electrons. The predicted molar refractivity (Wildman–Crippen MR) is 77.7 cm³/mol. The van der Waals surface area contributed by atoms with Crippen LogP contribution in [-0.2, 0) is 0 Å². The first kappa shape index (κ1) is 14.5. The van der Waals surface area contributed by atoms with E-state index in [9.17, 15) is 4.39 Å². The Morgan fingerprint density at radius 2 is 1.68 bits per heavy atom. The number of halogens is 1. The van der Waals surface area contributed by atoms with Crippen LogP contribution in [-0.4, -0.2) is 30.1 Å². The normalized spacial score (nSPS) is 19.8. The summed E-state index contributed by atoms with van der Waals surface area (Å²) in [4.78, 5) is 2.53. The quantitative estimate of drug-likeness (QED) is 0.897. The second-order valence-electron chi connectivity index (χ2n) is 5.84. The first-order valence-electron chi connectivity index (χ1n) is 7.32. The fourth-order valence-corrected chi connectivity index (χ4v) is 2.78. The summed E-state index contributed by atoms with van der Waals surface area (Å²) in [6.45, 7) is 9.02. The summed E-state index contributed by atoms with van der Waals surface area (Å²) in [5.74, 6) is -0.166. The Kier molecular flexibility index (Phi) is 4.94. The van der Waals surface area contributed by atoms with Gasteiger partial charge in [0.15, 0.2) is 0 Å². The van der Waals surface area contributed by atoms with Crippen LogP contribution < -0.4 is 5.32 Å². The number of benzene rings is 1. The van der Waals surface area contributed by atoms with Crippen LogP contribution in [0.5, 0.6) is 0 Å². The summed E-state index contributed by atoms with van der Waals surface area (Å²) in [7, 11) is 0. The molecule has 1 N–H and O–H groups in total. The van der Waals surface area contributed by atoms with Gasteiger partial charge in [-0.05, 0) is 64.4 Å². The van der Waals surface area contributed by atoms with E-state index < -0.39 is 0 Å². The predicted octanol–water partition coefficient (Wildman–Crippen LogP) is 3.35. The topological polar surface area (TPSA) is 15.3 Å². The van der Waals surface area contributed by atoms with Gasteiger partial charge in [0.05, 0.1) is 0 Å². The van der Waals surface area contributed by atoms with Crippen LogP contribution in [0.3, 0.4) is 0 Å². The van der Waals surface area contributed by atoms with Crippen LogP contribution in [0.4, 0.5) is 4.39 Å². The molecule has 3 heteroatoms. The number of rotatable bonds is 4. The molecule has 0 bridgehead atoms. The van der Waals surface area contributed by atoms with Gasteiger partial charge in [-0.15, -0.1) is 0 Å². The van der Waals surface area contributed by atoms with Crippen molar-refractivity contribution in [2.45, 2.75) is 51.7 Å². The average Bonchev–Trinajstić information content (AvgIpc) is 2.40. The van der Waals surface area contributed by atoms with Crippen molar-refractivity contribution >= 4 is 0 Å². The summed E-state index contributed by atoms with van der Waals surface area (Å²) in [5, 5.41) is 3.66. The Labute approximate surface area is 116 Å². The van der Waals surface area contributed by atoms with E-state index in [4.69, 9.17) is 0 Å². The molecule has 1 aromatic carbocycles. The Morgan fingerprint density at radius 1 is 1.11 bits per heavy atom. The highest BCUT2D eigenvalue weighted by Crippen LogP contribution is 2.18. The minimum Gasteiger partial charge on any atom is -0.307 e. The van der Waals surface area contributed by atoms with Crippen molar-refractivity contribution < 1.29 is 4.39 Å². The molecule has 0 aliphatic carbocycles. The highest BCUT2D eigenvalue weighted by atomic mass is 19.1. The van der Waals surface area contributed by atoms with Gasteiger partial charge < -0.3 is 10.2 Å². The highest BCUT2D eigenvalue weighted by molar-refractivity contribution is 5.19. The van der Waals surface area contributed by atoms with Gasteiger partial charge in [0.25, 0.3) is 0 Å². The van der Waals surface area contributed by atoms with Gasteiger partial charge in [-0.3, -0.25) is 0 Å². The number of likely N-dealkylation sites (tertiary alicyclic amines) is 1. The van der Waals surface area contributed by atoms with Crippen molar-refractivity contribution in [1.29, 1.82) is 0 Å². The second kappa shape index (κ2) is 6.49. The fourth-order valence-electron chi connectivity index (χ4n) is 2.78. The van der Waals surface area contributed by atoms with Crippen LogP contribution in [0.25, 0.3) is 0 Å². The maximum absolute atomic E-state index is 12.9. The first-order valence-corrected chi connectivity index (χ1v) is 7.32. The molecule has 0 spiro atoms. The number of nitrogens with one attached hydrogen (secondary N) is 1. The molecule has 1 aliphatic rings. The van der Waals surface area contributed by atoms with Crippen LogP contribution in [0, 0.1) is 5.82 Å². The third-order valence-corrected chi connectivity index (χ3v) is 4.12. The molecule has 106 valence electrons. The van der Waals surface area contributed by atoms with Gasteiger partial charge in [-0.25, -0.2) is 4.39 Å². The van der Waals surface area contributed by atoms with Gasteiger partial charge in [0.1, 0.15) is 5.82 Å². The number of hydrogen-bond acceptors (Lipinski definition) is 2. The fraction of sp³-hybridized carbons (Fsp3) is 0.625. The lowest BCUT2D eigenvalue weighted by molar-refractivity contribution is 0.157. The molecule has 2 rings (SSSR count). The highest BCUT2D eigenvalue weighted by Gasteiger charge is 2.21. The molecule has 2 nitrogen and oxygen atoms in total. The lowest BCUT2D eigenvalue weighted by atomic mass is 10.0. The number of nitrogens with zero attached hydrogens (tertiary/aromatic N) is 1. The smallest absolute Gasteiger partial charge is 0.123 e. The zero-order chi connectivity index (χ0) is 13.8. The minimum absolute atomic E-state index is 0.166. The third-order valence-electron chi connectivity index (χ3n) is 4.12. The zero-order valence-electron chi connectivity index (χ0n) is 12.2. The van der Waals surface area contributed by atoms with Gasteiger partial charge in [-0.1, -0.05) is 12.1 Å². The molecule has 1 fully saturated rings. The molecule has 1 atom stereocenters.